The van der Waals surface area contributed by atoms with Crippen LogP contribution in [-0.4, -0.2) is 39.1 Å². The van der Waals surface area contributed by atoms with Gasteiger partial charge in [0.1, 0.15) is 0 Å². The number of hydrogen-bond acceptors (Lipinski definition) is 6. The van der Waals surface area contributed by atoms with E-state index in [1.165, 1.54) is 23.3 Å². The fourth-order valence-electron chi connectivity index (χ4n) is 4.24. The van der Waals surface area contributed by atoms with Gasteiger partial charge in [-0.15, -0.1) is 11.3 Å². The molecule has 0 fully saturated rings. The Labute approximate surface area is 197 Å². The molecule has 4 aromatic rings. The highest BCUT2D eigenvalue weighted by molar-refractivity contribution is 7.10. The Balaban J connectivity index is 1.64. The number of ether oxygens (including phenoxy) is 1. The highest BCUT2D eigenvalue weighted by Gasteiger charge is 2.52. The van der Waals surface area contributed by atoms with Crippen LogP contribution in [0, 0.1) is 0 Å². The van der Waals surface area contributed by atoms with Crippen molar-refractivity contribution >= 4 is 51.9 Å². The summed E-state index contributed by atoms with van der Waals surface area (Å²) in [4.78, 5) is 34.7. The van der Waals surface area contributed by atoms with Gasteiger partial charge in [0.05, 0.1) is 29.2 Å². The minimum atomic E-state index is -1.72. The summed E-state index contributed by atoms with van der Waals surface area (Å²) in [7, 11) is 1.26. The number of carbonyl (C=O) groups is 2. The zero-order valence-corrected chi connectivity index (χ0v) is 19.2. The minimum Gasteiger partial charge on any atom is -0.453 e. The number of aromatic amines is 1. The van der Waals surface area contributed by atoms with Crippen LogP contribution in [0.15, 0.2) is 53.9 Å². The Morgan fingerprint density at radius 3 is 2.82 bits per heavy atom. The third kappa shape index (κ3) is 3.36. The Kier molecular flexibility index (Phi) is 5.12. The number of fused-ring (bicyclic) bond motifs is 2. The van der Waals surface area contributed by atoms with Crippen LogP contribution in [0.4, 0.5) is 10.7 Å². The Morgan fingerprint density at radius 1 is 1.30 bits per heavy atom. The van der Waals surface area contributed by atoms with Crippen LogP contribution in [0.5, 0.6) is 0 Å². The van der Waals surface area contributed by atoms with E-state index in [-0.39, 0.29) is 11.9 Å². The molecule has 0 saturated carbocycles. The fourth-order valence-corrected chi connectivity index (χ4v) is 5.37. The molecule has 3 heterocycles. The number of aliphatic hydroxyl groups is 1. The molecular formula is C23H19ClN4O4S. The van der Waals surface area contributed by atoms with Crippen molar-refractivity contribution in [2.45, 2.75) is 18.7 Å². The molecule has 33 heavy (non-hydrogen) atoms. The topological polar surface area (TPSA) is 108 Å². The lowest BCUT2D eigenvalue weighted by molar-refractivity contribution is -0.0670. The van der Waals surface area contributed by atoms with Crippen LogP contribution in [0.1, 0.15) is 39.3 Å². The Hall–Kier alpha value is -3.40. The lowest BCUT2D eigenvalue weighted by Crippen LogP contribution is -2.45. The number of methoxy groups -OCH3 is 1. The van der Waals surface area contributed by atoms with Gasteiger partial charge in [0, 0.05) is 26.9 Å². The molecule has 0 saturated heterocycles. The van der Waals surface area contributed by atoms with Crippen LogP contribution in [0.2, 0.25) is 5.02 Å². The number of anilines is 1. The summed E-state index contributed by atoms with van der Waals surface area (Å²) in [6, 6.07) is 13.6. The summed E-state index contributed by atoms with van der Waals surface area (Å²) < 4.78 is 4.60. The third-order valence-electron chi connectivity index (χ3n) is 5.78. The van der Waals surface area contributed by atoms with Crippen molar-refractivity contribution in [1.82, 2.24) is 14.9 Å². The van der Waals surface area contributed by atoms with Crippen molar-refractivity contribution < 1.29 is 19.4 Å². The first-order valence-electron chi connectivity index (χ1n) is 10.1. The molecule has 0 bridgehead atoms. The van der Waals surface area contributed by atoms with Crippen molar-refractivity contribution in [3.8, 4) is 0 Å². The standard InChI is InChI=1S/C23H19ClN4O4S/c1-12(19-10-14(24)11-33-19)28-20(29)15-5-3-4-6-16(15)23(28,31)13-7-8-17-18(9-13)26-21(25-17)27-22(30)32-2/h3-12,31H,1-2H3,(H2,25,26,27,30). The lowest BCUT2D eigenvalue weighted by atomic mass is 9.92. The summed E-state index contributed by atoms with van der Waals surface area (Å²) in [6.07, 6.45) is -0.655. The van der Waals surface area contributed by atoms with Gasteiger partial charge in [-0.2, -0.15) is 0 Å². The van der Waals surface area contributed by atoms with E-state index in [1.54, 1.807) is 53.9 Å². The number of carbonyl (C=O) groups excluding carboxylic acids is 2. The van der Waals surface area contributed by atoms with Gasteiger partial charge in [0.2, 0.25) is 5.95 Å². The summed E-state index contributed by atoms with van der Waals surface area (Å²) in [5.41, 5.74) is 0.852. The van der Waals surface area contributed by atoms with Crippen LogP contribution >= 0.6 is 22.9 Å². The molecule has 2 aromatic carbocycles. The quantitative estimate of drug-likeness (QED) is 0.385. The number of halogens is 1. The van der Waals surface area contributed by atoms with E-state index in [2.05, 4.69) is 20.0 Å². The average Bonchev–Trinajstić information content (AvgIpc) is 3.48. The molecule has 1 aliphatic heterocycles. The van der Waals surface area contributed by atoms with Crippen molar-refractivity contribution in [3.63, 3.8) is 0 Å². The molecule has 2 unspecified atom stereocenters. The van der Waals surface area contributed by atoms with Crippen molar-refractivity contribution in [2.24, 2.45) is 0 Å². The first-order chi connectivity index (χ1) is 15.8. The molecule has 0 radical (unpaired) electrons. The molecule has 1 aliphatic rings. The van der Waals surface area contributed by atoms with Gasteiger partial charge in [-0.1, -0.05) is 35.9 Å². The second-order valence-electron chi connectivity index (χ2n) is 7.67. The second-order valence-corrected chi connectivity index (χ2v) is 9.05. The fraction of sp³-hybridized carbons (Fsp3) is 0.174. The lowest BCUT2D eigenvalue weighted by Gasteiger charge is -2.38. The number of hydrogen-bond donors (Lipinski definition) is 3. The average molecular weight is 483 g/mol. The molecule has 168 valence electrons. The number of nitrogens with zero attached hydrogens (tertiary/aromatic N) is 2. The van der Waals surface area contributed by atoms with Gasteiger partial charge < -0.3 is 14.8 Å². The normalized spacial score (nSPS) is 18.4. The Morgan fingerprint density at radius 2 is 2.09 bits per heavy atom. The van der Waals surface area contributed by atoms with Gasteiger partial charge in [-0.3, -0.25) is 15.0 Å². The number of H-pyrrole nitrogens is 1. The highest BCUT2D eigenvalue weighted by Crippen LogP contribution is 2.47. The minimum absolute atomic E-state index is 0.210. The molecule has 3 N–H and O–H groups in total. The summed E-state index contributed by atoms with van der Waals surface area (Å²) in [5, 5.41) is 17.1. The summed E-state index contributed by atoms with van der Waals surface area (Å²) >= 11 is 7.56. The van der Waals surface area contributed by atoms with E-state index in [0.29, 0.717) is 32.7 Å². The molecule has 2 aromatic heterocycles. The molecular weight excluding hydrogens is 464 g/mol. The number of rotatable bonds is 4. The maximum atomic E-state index is 13.5. The molecule has 0 spiro atoms. The van der Waals surface area contributed by atoms with Gasteiger partial charge in [-0.25, -0.2) is 9.78 Å². The van der Waals surface area contributed by atoms with Gasteiger partial charge in [-0.05, 0) is 31.2 Å². The van der Waals surface area contributed by atoms with E-state index in [4.69, 9.17) is 11.6 Å². The second kappa shape index (κ2) is 7.87. The van der Waals surface area contributed by atoms with Crippen LogP contribution in [0.3, 0.4) is 0 Å². The van der Waals surface area contributed by atoms with E-state index < -0.39 is 17.9 Å². The van der Waals surface area contributed by atoms with Gasteiger partial charge in [0.25, 0.3) is 5.91 Å². The molecule has 8 nitrogen and oxygen atoms in total. The third-order valence-corrected chi connectivity index (χ3v) is 7.23. The number of thiophene rings is 1. The first kappa shape index (κ1) is 21.4. The zero-order chi connectivity index (χ0) is 23.3. The van der Waals surface area contributed by atoms with E-state index >= 15 is 0 Å². The van der Waals surface area contributed by atoms with Crippen molar-refractivity contribution in [2.75, 3.05) is 12.4 Å². The number of aromatic nitrogens is 2. The summed E-state index contributed by atoms with van der Waals surface area (Å²) in [5.74, 6) is -0.0646. The van der Waals surface area contributed by atoms with Crippen molar-refractivity contribution in [3.05, 3.63) is 80.5 Å². The predicted molar refractivity (Wildman–Crippen MR) is 125 cm³/mol. The summed E-state index contributed by atoms with van der Waals surface area (Å²) in [6.45, 7) is 1.87. The van der Waals surface area contributed by atoms with Gasteiger partial charge in [0.15, 0.2) is 5.72 Å². The zero-order valence-electron chi connectivity index (χ0n) is 17.6. The van der Waals surface area contributed by atoms with Crippen LogP contribution in [-0.2, 0) is 10.5 Å². The maximum absolute atomic E-state index is 13.5. The monoisotopic (exact) mass is 482 g/mol. The molecule has 5 rings (SSSR count). The van der Waals surface area contributed by atoms with E-state index in [1.807, 2.05) is 6.92 Å². The smallest absolute Gasteiger partial charge is 0.413 e. The van der Waals surface area contributed by atoms with Crippen molar-refractivity contribution in [1.29, 1.82) is 0 Å². The number of nitrogens with one attached hydrogen (secondary N) is 2. The molecule has 2 amide bonds. The molecule has 0 aliphatic carbocycles. The molecule has 10 heteroatoms. The van der Waals surface area contributed by atoms with E-state index in [0.717, 1.165) is 4.88 Å². The first-order valence-corrected chi connectivity index (χ1v) is 11.3. The highest BCUT2D eigenvalue weighted by atomic mass is 35.5. The van der Waals surface area contributed by atoms with Crippen LogP contribution in [0.25, 0.3) is 11.0 Å². The number of benzene rings is 2. The number of amides is 2. The van der Waals surface area contributed by atoms with Crippen LogP contribution < -0.4 is 5.32 Å². The number of imidazole rings is 1. The Bertz CT molecular complexity index is 1400. The molecule has 2 atom stereocenters. The van der Waals surface area contributed by atoms with E-state index in [9.17, 15) is 14.7 Å². The maximum Gasteiger partial charge on any atom is 0.413 e. The van der Waals surface area contributed by atoms with Gasteiger partial charge >= 0.3 is 6.09 Å². The largest absolute Gasteiger partial charge is 0.453 e. The predicted octanol–water partition coefficient (Wildman–Crippen LogP) is 4.87. The SMILES string of the molecule is COC(=O)Nc1nc2ccc(C3(O)c4ccccc4C(=O)N3C(C)c3cc(Cl)cs3)cc2[nH]1.